The molecule has 1 atom stereocenters. The Morgan fingerprint density at radius 1 is 1.20 bits per heavy atom. The van der Waals surface area contributed by atoms with Crippen LogP contribution in [0, 0.1) is 0 Å². The van der Waals surface area contributed by atoms with Gasteiger partial charge in [0.1, 0.15) is 0 Å². The first-order valence-electron chi connectivity index (χ1n) is 8.25. The average molecular weight is 348 g/mol. The Labute approximate surface area is 147 Å². The summed E-state index contributed by atoms with van der Waals surface area (Å²) in [4.78, 5) is 24.7. The van der Waals surface area contributed by atoms with Crippen LogP contribution in [0.25, 0.3) is 0 Å². The molecule has 1 aliphatic rings. The molecule has 1 aliphatic heterocycles. The number of hydrogen-bond acceptors (Lipinski definition) is 5. The van der Waals surface area contributed by atoms with E-state index in [1.165, 1.54) is 14.2 Å². The molecule has 2 N–H and O–H groups in total. The fraction of sp³-hybridized carbons (Fsp3) is 0.444. The highest BCUT2D eigenvalue weighted by atomic mass is 16.5. The van der Waals surface area contributed by atoms with E-state index in [2.05, 4.69) is 10.6 Å². The molecular formula is C18H24N2O5. The van der Waals surface area contributed by atoms with Gasteiger partial charge in [0.2, 0.25) is 0 Å². The van der Waals surface area contributed by atoms with Crippen molar-refractivity contribution in [2.75, 3.05) is 20.8 Å². The van der Waals surface area contributed by atoms with Crippen molar-refractivity contribution in [1.82, 2.24) is 10.6 Å². The summed E-state index contributed by atoms with van der Waals surface area (Å²) in [5, 5.41) is 5.52. The van der Waals surface area contributed by atoms with E-state index in [-0.39, 0.29) is 12.6 Å². The van der Waals surface area contributed by atoms with Crippen LogP contribution in [0.5, 0.6) is 11.5 Å². The van der Waals surface area contributed by atoms with E-state index >= 15 is 0 Å². The number of hydrogen-bond donors (Lipinski definition) is 2. The van der Waals surface area contributed by atoms with E-state index in [1.807, 2.05) is 6.92 Å². The minimum atomic E-state index is -0.681. The van der Waals surface area contributed by atoms with Crippen molar-refractivity contribution < 1.29 is 23.8 Å². The molecular weight excluding hydrogens is 324 g/mol. The van der Waals surface area contributed by atoms with Gasteiger partial charge in [-0.15, -0.1) is 0 Å². The van der Waals surface area contributed by atoms with E-state index in [9.17, 15) is 9.59 Å². The highest BCUT2D eigenvalue weighted by Crippen LogP contribution is 2.39. The summed E-state index contributed by atoms with van der Waals surface area (Å²) >= 11 is 0. The second-order valence-electron chi connectivity index (χ2n) is 5.48. The van der Waals surface area contributed by atoms with Crippen LogP contribution < -0.4 is 20.1 Å². The molecule has 0 aromatic heterocycles. The normalized spacial score (nSPS) is 16.8. The van der Waals surface area contributed by atoms with Gasteiger partial charge in [0.15, 0.2) is 11.5 Å². The third-order valence-electron chi connectivity index (χ3n) is 3.89. The molecule has 1 aromatic carbocycles. The number of esters is 1. The second-order valence-corrected chi connectivity index (χ2v) is 5.48. The SMILES string of the molecule is CCCC1=C(C(=O)OCC)[C@@H](c2cccc(OC)c2OC)NC(=O)N1. The van der Waals surface area contributed by atoms with Crippen molar-refractivity contribution in [2.24, 2.45) is 0 Å². The van der Waals surface area contributed by atoms with Gasteiger partial charge in [-0.25, -0.2) is 9.59 Å². The minimum Gasteiger partial charge on any atom is -0.493 e. The molecule has 0 unspecified atom stereocenters. The molecule has 0 radical (unpaired) electrons. The lowest BCUT2D eigenvalue weighted by Gasteiger charge is -2.30. The van der Waals surface area contributed by atoms with E-state index in [4.69, 9.17) is 14.2 Å². The molecule has 1 aromatic rings. The fourth-order valence-corrected chi connectivity index (χ4v) is 2.89. The molecule has 0 saturated carbocycles. The van der Waals surface area contributed by atoms with Crippen LogP contribution >= 0.6 is 0 Å². The van der Waals surface area contributed by atoms with Crippen LogP contribution in [0.2, 0.25) is 0 Å². The molecule has 0 bridgehead atoms. The first kappa shape index (κ1) is 18.6. The number of methoxy groups -OCH3 is 2. The van der Waals surface area contributed by atoms with Gasteiger partial charge < -0.3 is 24.8 Å². The predicted molar refractivity (Wildman–Crippen MR) is 92.5 cm³/mol. The highest BCUT2D eigenvalue weighted by Gasteiger charge is 2.35. The second kappa shape index (κ2) is 8.41. The third-order valence-corrected chi connectivity index (χ3v) is 3.89. The monoisotopic (exact) mass is 348 g/mol. The van der Waals surface area contributed by atoms with Crippen molar-refractivity contribution >= 4 is 12.0 Å². The number of para-hydroxylation sites is 1. The smallest absolute Gasteiger partial charge is 0.338 e. The third kappa shape index (κ3) is 3.87. The van der Waals surface area contributed by atoms with Crippen LogP contribution in [0.3, 0.4) is 0 Å². The summed E-state index contributed by atoms with van der Waals surface area (Å²) in [7, 11) is 3.05. The number of carbonyl (C=O) groups excluding carboxylic acids is 2. The Kier molecular flexibility index (Phi) is 6.27. The number of amides is 2. The van der Waals surface area contributed by atoms with Crippen LogP contribution in [-0.4, -0.2) is 32.8 Å². The lowest BCUT2D eigenvalue weighted by atomic mass is 9.93. The maximum atomic E-state index is 12.6. The van der Waals surface area contributed by atoms with Gasteiger partial charge in [0, 0.05) is 11.3 Å². The van der Waals surface area contributed by atoms with E-state index < -0.39 is 12.0 Å². The van der Waals surface area contributed by atoms with Gasteiger partial charge >= 0.3 is 12.0 Å². The molecule has 25 heavy (non-hydrogen) atoms. The van der Waals surface area contributed by atoms with E-state index in [0.29, 0.717) is 34.8 Å². The Balaban J connectivity index is 2.61. The number of carbonyl (C=O) groups is 2. The molecule has 7 heteroatoms. The molecule has 0 fully saturated rings. The summed E-state index contributed by atoms with van der Waals surface area (Å²) in [6.45, 7) is 3.97. The van der Waals surface area contributed by atoms with Crippen LogP contribution in [0.4, 0.5) is 4.79 Å². The van der Waals surface area contributed by atoms with Crippen LogP contribution in [0.15, 0.2) is 29.5 Å². The summed E-state index contributed by atoms with van der Waals surface area (Å²) < 4.78 is 16.0. The zero-order valence-electron chi connectivity index (χ0n) is 15.0. The molecule has 0 spiro atoms. The molecule has 0 aliphatic carbocycles. The number of urea groups is 1. The summed E-state index contributed by atoms with van der Waals surface area (Å²) in [5.41, 5.74) is 1.59. The van der Waals surface area contributed by atoms with Crippen molar-refractivity contribution in [3.8, 4) is 11.5 Å². The Hall–Kier alpha value is -2.70. The summed E-state index contributed by atoms with van der Waals surface area (Å²) in [6.07, 6.45) is 1.34. The first-order valence-corrected chi connectivity index (χ1v) is 8.25. The van der Waals surface area contributed by atoms with Gasteiger partial charge in [-0.1, -0.05) is 25.5 Å². The minimum absolute atomic E-state index is 0.248. The Morgan fingerprint density at radius 3 is 2.56 bits per heavy atom. The van der Waals surface area contributed by atoms with Crippen molar-refractivity contribution in [2.45, 2.75) is 32.7 Å². The van der Waals surface area contributed by atoms with Gasteiger partial charge in [0.05, 0.1) is 32.4 Å². The number of benzene rings is 1. The molecule has 7 nitrogen and oxygen atoms in total. The zero-order chi connectivity index (χ0) is 18.4. The molecule has 1 heterocycles. The number of allylic oxidation sites excluding steroid dienone is 1. The molecule has 136 valence electrons. The fourth-order valence-electron chi connectivity index (χ4n) is 2.89. The summed E-state index contributed by atoms with van der Waals surface area (Å²) in [6, 6.07) is 4.28. The molecule has 2 amide bonds. The lowest BCUT2D eigenvalue weighted by molar-refractivity contribution is -0.139. The van der Waals surface area contributed by atoms with Gasteiger partial charge in [-0.3, -0.25) is 0 Å². The lowest BCUT2D eigenvalue weighted by Crippen LogP contribution is -2.46. The largest absolute Gasteiger partial charge is 0.493 e. The zero-order valence-corrected chi connectivity index (χ0v) is 15.0. The Morgan fingerprint density at radius 2 is 1.96 bits per heavy atom. The van der Waals surface area contributed by atoms with Crippen molar-refractivity contribution in [1.29, 1.82) is 0 Å². The van der Waals surface area contributed by atoms with E-state index in [1.54, 1.807) is 25.1 Å². The van der Waals surface area contributed by atoms with Gasteiger partial charge in [0.25, 0.3) is 0 Å². The number of ether oxygens (including phenoxy) is 3. The van der Waals surface area contributed by atoms with Crippen LogP contribution in [0.1, 0.15) is 38.3 Å². The standard InChI is InChI=1S/C18H24N2O5/c1-5-8-12-14(17(21)25-6-2)15(20-18(22)19-12)11-9-7-10-13(23-3)16(11)24-4/h7,9-10,15H,5-6,8H2,1-4H3,(H2,19,20,22)/t15-/m1/s1. The molecule has 0 saturated heterocycles. The predicted octanol–water partition coefficient (Wildman–Crippen LogP) is 2.68. The van der Waals surface area contributed by atoms with Crippen LogP contribution in [-0.2, 0) is 9.53 Å². The van der Waals surface area contributed by atoms with Gasteiger partial charge in [-0.2, -0.15) is 0 Å². The van der Waals surface area contributed by atoms with Gasteiger partial charge in [-0.05, 0) is 19.4 Å². The maximum absolute atomic E-state index is 12.6. The quantitative estimate of drug-likeness (QED) is 0.740. The number of rotatable bonds is 7. The topological polar surface area (TPSA) is 85.9 Å². The van der Waals surface area contributed by atoms with Crippen molar-refractivity contribution in [3.05, 3.63) is 35.0 Å². The van der Waals surface area contributed by atoms with Crippen molar-refractivity contribution in [3.63, 3.8) is 0 Å². The Bertz CT molecular complexity index is 684. The average Bonchev–Trinajstić information content (AvgIpc) is 2.60. The molecule has 2 rings (SSSR count). The first-order chi connectivity index (χ1) is 12.1. The maximum Gasteiger partial charge on any atom is 0.338 e. The number of nitrogens with one attached hydrogen (secondary N) is 2. The van der Waals surface area contributed by atoms with E-state index in [0.717, 1.165) is 6.42 Å². The highest BCUT2D eigenvalue weighted by molar-refractivity contribution is 5.95. The summed E-state index contributed by atoms with van der Waals surface area (Å²) in [5.74, 6) is 0.524.